The Morgan fingerprint density at radius 1 is 1.22 bits per heavy atom. The normalized spacial score (nSPS) is 24.2. The third-order valence-electron chi connectivity index (χ3n) is 6.10. The van der Waals surface area contributed by atoms with Gasteiger partial charge in [-0.1, -0.05) is 32.0 Å². The molecule has 3 nitrogen and oxygen atoms in total. The second-order valence-electron chi connectivity index (χ2n) is 8.31. The summed E-state index contributed by atoms with van der Waals surface area (Å²) in [5.41, 5.74) is 3.03. The molecule has 4 rings (SSSR count). The Morgan fingerprint density at radius 3 is 2.78 bits per heavy atom. The first-order valence-corrected chi connectivity index (χ1v) is 9.17. The molecule has 2 aliphatic heterocycles. The van der Waals surface area contributed by atoms with Gasteiger partial charge in [-0.25, -0.2) is 0 Å². The van der Waals surface area contributed by atoms with Crippen molar-refractivity contribution in [3.05, 3.63) is 29.8 Å². The van der Waals surface area contributed by atoms with Gasteiger partial charge >= 0.3 is 0 Å². The summed E-state index contributed by atoms with van der Waals surface area (Å²) >= 11 is 0. The van der Waals surface area contributed by atoms with Gasteiger partial charge in [0, 0.05) is 31.7 Å². The summed E-state index contributed by atoms with van der Waals surface area (Å²) in [6.45, 7) is 7.46. The van der Waals surface area contributed by atoms with Crippen LogP contribution in [-0.2, 0) is 11.2 Å². The van der Waals surface area contributed by atoms with E-state index in [4.69, 9.17) is 0 Å². The van der Waals surface area contributed by atoms with Gasteiger partial charge in [-0.15, -0.1) is 0 Å². The molecule has 0 N–H and O–H groups in total. The van der Waals surface area contributed by atoms with E-state index in [1.54, 1.807) is 0 Å². The molecule has 1 atom stereocenters. The highest BCUT2D eigenvalue weighted by atomic mass is 16.2. The van der Waals surface area contributed by atoms with Crippen LogP contribution in [-0.4, -0.2) is 36.5 Å². The molecule has 0 bridgehead atoms. The second kappa shape index (κ2) is 5.54. The molecule has 1 unspecified atom stereocenters. The maximum atomic E-state index is 12.9. The lowest BCUT2D eigenvalue weighted by Gasteiger charge is -2.30. The minimum absolute atomic E-state index is 0.182. The fraction of sp³-hybridized carbons (Fsp3) is 0.650. The molecule has 1 aromatic carbocycles. The Labute approximate surface area is 139 Å². The molecule has 0 spiro atoms. The van der Waals surface area contributed by atoms with Crippen molar-refractivity contribution in [1.82, 2.24) is 4.90 Å². The van der Waals surface area contributed by atoms with E-state index in [0.717, 1.165) is 44.8 Å². The molecule has 23 heavy (non-hydrogen) atoms. The van der Waals surface area contributed by atoms with Crippen molar-refractivity contribution in [3.8, 4) is 0 Å². The van der Waals surface area contributed by atoms with Crippen molar-refractivity contribution in [3.63, 3.8) is 0 Å². The average molecular weight is 312 g/mol. The van der Waals surface area contributed by atoms with Crippen LogP contribution in [0.3, 0.4) is 0 Å². The van der Waals surface area contributed by atoms with Crippen LogP contribution >= 0.6 is 0 Å². The molecule has 1 saturated carbocycles. The van der Waals surface area contributed by atoms with Crippen LogP contribution in [0.2, 0.25) is 0 Å². The predicted molar refractivity (Wildman–Crippen MR) is 93.6 cm³/mol. The summed E-state index contributed by atoms with van der Waals surface area (Å²) in [6, 6.07) is 9.22. The van der Waals surface area contributed by atoms with Crippen LogP contribution < -0.4 is 4.90 Å². The zero-order valence-electron chi connectivity index (χ0n) is 14.4. The van der Waals surface area contributed by atoms with E-state index in [0.29, 0.717) is 11.9 Å². The van der Waals surface area contributed by atoms with Gasteiger partial charge in [0.2, 0.25) is 5.91 Å². The molecule has 1 aliphatic carbocycles. The number of fused-ring (bicyclic) bond motifs is 3. The smallest absolute Gasteiger partial charge is 0.223 e. The SMILES string of the molecule is CC(C)(CC(=O)N1CCCN2c3ccccc3CC2C1)C1CC1. The summed E-state index contributed by atoms with van der Waals surface area (Å²) in [5, 5.41) is 0. The summed E-state index contributed by atoms with van der Waals surface area (Å²) in [7, 11) is 0. The standard InChI is InChI=1S/C20H28N2O/c1-20(2,16-8-9-16)13-19(23)21-10-5-11-22-17(14-21)12-15-6-3-4-7-18(15)22/h3-4,6-7,16-17H,5,8-14H2,1-2H3. The van der Waals surface area contributed by atoms with E-state index in [1.807, 2.05) is 0 Å². The Balaban J connectivity index is 1.45. The minimum atomic E-state index is 0.182. The Morgan fingerprint density at radius 2 is 2.00 bits per heavy atom. The molecular formula is C20H28N2O. The number of carbonyl (C=O) groups is 1. The average Bonchev–Trinajstić information content (AvgIpc) is 3.32. The van der Waals surface area contributed by atoms with Crippen LogP contribution in [0.4, 0.5) is 5.69 Å². The highest BCUT2D eigenvalue weighted by Crippen LogP contribution is 2.47. The highest BCUT2D eigenvalue weighted by Gasteiger charge is 2.41. The third kappa shape index (κ3) is 2.86. The number of benzene rings is 1. The number of para-hydroxylation sites is 1. The molecule has 2 heterocycles. The van der Waals surface area contributed by atoms with Gasteiger partial charge in [0.1, 0.15) is 0 Å². The van der Waals surface area contributed by atoms with Crippen molar-refractivity contribution in [2.24, 2.45) is 11.3 Å². The highest BCUT2D eigenvalue weighted by molar-refractivity contribution is 5.77. The molecule has 3 aliphatic rings. The lowest BCUT2D eigenvalue weighted by atomic mass is 9.83. The molecular weight excluding hydrogens is 284 g/mol. The van der Waals surface area contributed by atoms with Crippen molar-refractivity contribution >= 4 is 11.6 Å². The van der Waals surface area contributed by atoms with Gasteiger partial charge in [-0.3, -0.25) is 4.79 Å². The first-order chi connectivity index (χ1) is 11.0. The van der Waals surface area contributed by atoms with Crippen LogP contribution in [0.15, 0.2) is 24.3 Å². The molecule has 1 saturated heterocycles. The Bertz CT molecular complexity index is 605. The third-order valence-corrected chi connectivity index (χ3v) is 6.10. The van der Waals surface area contributed by atoms with E-state index in [1.165, 1.54) is 24.1 Å². The summed E-state index contributed by atoms with van der Waals surface area (Å²) < 4.78 is 0. The lowest BCUT2D eigenvalue weighted by Crippen LogP contribution is -2.42. The fourth-order valence-electron chi connectivity index (χ4n) is 4.51. The maximum Gasteiger partial charge on any atom is 0.223 e. The van der Waals surface area contributed by atoms with Crippen molar-refractivity contribution < 1.29 is 4.79 Å². The fourth-order valence-corrected chi connectivity index (χ4v) is 4.51. The van der Waals surface area contributed by atoms with Crippen molar-refractivity contribution in [2.45, 2.75) is 52.0 Å². The lowest BCUT2D eigenvalue weighted by molar-refractivity contribution is -0.133. The van der Waals surface area contributed by atoms with Gasteiger partial charge in [-0.2, -0.15) is 0 Å². The van der Waals surface area contributed by atoms with Crippen molar-refractivity contribution in [2.75, 3.05) is 24.5 Å². The van der Waals surface area contributed by atoms with Gasteiger partial charge < -0.3 is 9.80 Å². The monoisotopic (exact) mass is 312 g/mol. The van der Waals surface area contributed by atoms with Crippen molar-refractivity contribution in [1.29, 1.82) is 0 Å². The number of amides is 1. The summed E-state index contributed by atoms with van der Waals surface area (Å²) in [6.07, 6.45) is 5.52. The second-order valence-corrected chi connectivity index (χ2v) is 8.31. The Kier molecular flexibility index (Phi) is 3.62. The number of hydrogen-bond donors (Lipinski definition) is 0. The first-order valence-electron chi connectivity index (χ1n) is 9.17. The predicted octanol–water partition coefficient (Wildman–Crippen LogP) is 3.48. The number of rotatable bonds is 3. The number of carbonyl (C=O) groups excluding carboxylic acids is 1. The molecule has 2 fully saturated rings. The topological polar surface area (TPSA) is 23.6 Å². The molecule has 0 aromatic heterocycles. The van der Waals surface area contributed by atoms with E-state index in [-0.39, 0.29) is 5.41 Å². The molecule has 0 radical (unpaired) electrons. The molecule has 124 valence electrons. The quantitative estimate of drug-likeness (QED) is 0.853. The van der Waals surface area contributed by atoms with E-state index in [9.17, 15) is 4.79 Å². The maximum absolute atomic E-state index is 12.9. The largest absolute Gasteiger partial charge is 0.366 e. The van der Waals surface area contributed by atoms with Crippen LogP contribution in [0.25, 0.3) is 0 Å². The van der Waals surface area contributed by atoms with E-state index < -0.39 is 0 Å². The Hall–Kier alpha value is -1.51. The van der Waals surface area contributed by atoms with Crippen LogP contribution in [0.5, 0.6) is 0 Å². The summed E-state index contributed by atoms with van der Waals surface area (Å²) in [5.74, 6) is 1.14. The zero-order valence-corrected chi connectivity index (χ0v) is 14.4. The van der Waals surface area contributed by atoms with Gasteiger partial charge in [-0.05, 0) is 48.6 Å². The zero-order chi connectivity index (χ0) is 16.0. The summed E-state index contributed by atoms with van der Waals surface area (Å²) in [4.78, 5) is 17.6. The first kappa shape index (κ1) is 15.0. The van der Waals surface area contributed by atoms with Gasteiger partial charge in [0.15, 0.2) is 0 Å². The minimum Gasteiger partial charge on any atom is -0.366 e. The van der Waals surface area contributed by atoms with Gasteiger partial charge in [0.05, 0.1) is 6.04 Å². The number of anilines is 1. The molecule has 1 aromatic rings. The molecule has 1 amide bonds. The number of nitrogens with zero attached hydrogens (tertiary/aromatic N) is 2. The van der Waals surface area contributed by atoms with Crippen LogP contribution in [0, 0.1) is 11.3 Å². The van der Waals surface area contributed by atoms with Crippen LogP contribution in [0.1, 0.15) is 45.1 Å². The van der Waals surface area contributed by atoms with E-state index in [2.05, 4.69) is 47.9 Å². The molecule has 3 heteroatoms. The van der Waals surface area contributed by atoms with Gasteiger partial charge in [0.25, 0.3) is 0 Å². The van der Waals surface area contributed by atoms with E-state index >= 15 is 0 Å². The number of hydrogen-bond acceptors (Lipinski definition) is 2.